The average Bonchev–Trinajstić information content (AvgIpc) is 2.42. The number of nitro benzene ring substituents is 1. The van der Waals surface area contributed by atoms with Crippen LogP contribution in [0.25, 0.3) is 0 Å². The molecule has 6 nitrogen and oxygen atoms in total. The lowest BCUT2D eigenvalue weighted by atomic mass is 10.2. The molecule has 0 saturated carbocycles. The number of carbonyl (C=O) groups is 1. The van der Waals surface area contributed by atoms with Crippen LogP contribution in [0.3, 0.4) is 0 Å². The first kappa shape index (κ1) is 14.8. The van der Waals surface area contributed by atoms with E-state index in [1.807, 2.05) is 0 Å². The molecule has 0 bridgehead atoms. The van der Waals surface area contributed by atoms with Crippen molar-refractivity contribution in [2.45, 2.75) is 6.92 Å². The predicted octanol–water partition coefficient (Wildman–Crippen LogP) is 4.05. The fraction of sp³-hybridized carbons (Fsp3) is 0.0714. The summed E-state index contributed by atoms with van der Waals surface area (Å²) in [7, 11) is 0. The Kier molecular flexibility index (Phi) is 4.09. The summed E-state index contributed by atoms with van der Waals surface area (Å²) in [6.07, 6.45) is 0. The van der Waals surface area contributed by atoms with Gasteiger partial charge < -0.3 is 9.84 Å². The zero-order valence-electron chi connectivity index (χ0n) is 10.9. The summed E-state index contributed by atoms with van der Waals surface area (Å²) in [5.74, 6) is -0.589. The van der Waals surface area contributed by atoms with Gasteiger partial charge in [-0.15, -0.1) is 0 Å². The molecule has 0 amide bonds. The number of rotatable bonds is 4. The molecule has 108 valence electrons. The van der Waals surface area contributed by atoms with E-state index >= 15 is 0 Å². The second kappa shape index (κ2) is 5.80. The molecule has 2 aromatic rings. The lowest BCUT2D eigenvalue weighted by Crippen LogP contribution is -1.97. The maximum atomic E-state index is 10.8. The van der Waals surface area contributed by atoms with E-state index in [-0.39, 0.29) is 27.8 Å². The fourth-order valence-electron chi connectivity index (χ4n) is 1.65. The van der Waals surface area contributed by atoms with Gasteiger partial charge in [0.15, 0.2) is 0 Å². The fourth-order valence-corrected chi connectivity index (χ4v) is 1.87. The van der Waals surface area contributed by atoms with E-state index in [2.05, 4.69) is 0 Å². The first-order valence-corrected chi connectivity index (χ1v) is 6.22. The highest BCUT2D eigenvalue weighted by molar-refractivity contribution is 6.32. The summed E-state index contributed by atoms with van der Waals surface area (Å²) in [6.45, 7) is 1.73. The van der Waals surface area contributed by atoms with Gasteiger partial charge in [0.1, 0.15) is 11.5 Å². The molecule has 0 saturated heterocycles. The van der Waals surface area contributed by atoms with Crippen molar-refractivity contribution < 1.29 is 19.6 Å². The smallest absolute Gasteiger partial charge is 0.335 e. The van der Waals surface area contributed by atoms with Crippen molar-refractivity contribution in [2.24, 2.45) is 0 Å². The Morgan fingerprint density at radius 1 is 1.24 bits per heavy atom. The van der Waals surface area contributed by atoms with E-state index in [1.54, 1.807) is 13.0 Å². The van der Waals surface area contributed by atoms with Crippen LogP contribution in [0.1, 0.15) is 15.9 Å². The molecule has 0 aliphatic heterocycles. The minimum absolute atomic E-state index is 0.0307. The van der Waals surface area contributed by atoms with Crippen LogP contribution >= 0.6 is 11.6 Å². The number of halogens is 1. The van der Waals surface area contributed by atoms with Crippen molar-refractivity contribution >= 4 is 23.3 Å². The molecular formula is C14H10ClNO5. The molecule has 0 aliphatic rings. The largest absolute Gasteiger partial charge is 0.478 e. The van der Waals surface area contributed by atoms with E-state index in [0.29, 0.717) is 5.56 Å². The van der Waals surface area contributed by atoms with Crippen LogP contribution in [0.2, 0.25) is 5.02 Å². The van der Waals surface area contributed by atoms with Crippen LogP contribution in [0.5, 0.6) is 11.5 Å². The molecule has 2 rings (SSSR count). The molecule has 0 atom stereocenters. The van der Waals surface area contributed by atoms with Crippen LogP contribution in [0.15, 0.2) is 36.4 Å². The lowest BCUT2D eigenvalue weighted by Gasteiger charge is -2.10. The van der Waals surface area contributed by atoms with Gasteiger partial charge in [-0.1, -0.05) is 11.6 Å². The average molecular weight is 308 g/mol. The van der Waals surface area contributed by atoms with Crippen molar-refractivity contribution in [3.63, 3.8) is 0 Å². The SMILES string of the molecule is Cc1ccc([N+](=O)[O-])cc1Oc1ccc(C(=O)O)cc1Cl. The van der Waals surface area contributed by atoms with Gasteiger partial charge in [-0.25, -0.2) is 4.79 Å². The topological polar surface area (TPSA) is 89.7 Å². The van der Waals surface area contributed by atoms with Gasteiger partial charge in [0.25, 0.3) is 5.69 Å². The molecule has 0 radical (unpaired) electrons. The van der Waals surface area contributed by atoms with E-state index < -0.39 is 10.9 Å². The highest BCUT2D eigenvalue weighted by Gasteiger charge is 2.13. The Morgan fingerprint density at radius 3 is 2.52 bits per heavy atom. The van der Waals surface area contributed by atoms with Crippen LogP contribution in [-0.2, 0) is 0 Å². The van der Waals surface area contributed by atoms with Gasteiger partial charge in [-0.05, 0) is 36.8 Å². The molecule has 2 aromatic carbocycles. The van der Waals surface area contributed by atoms with Crippen LogP contribution < -0.4 is 4.74 Å². The number of carboxylic acid groups (broad SMARTS) is 1. The molecule has 0 heterocycles. The summed E-state index contributed by atoms with van der Waals surface area (Å²) >= 11 is 5.96. The van der Waals surface area contributed by atoms with E-state index in [4.69, 9.17) is 21.4 Å². The quantitative estimate of drug-likeness (QED) is 0.680. The first-order chi connectivity index (χ1) is 9.88. The van der Waals surface area contributed by atoms with Crippen molar-refractivity contribution in [3.05, 3.63) is 62.7 Å². The molecule has 0 unspecified atom stereocenters. The summed E-state index contributed by atoms with van der Waals surface area (Å²) in [5, 5.41) is 19.7. The Hall–Kier alpha value is -2.60. The predicted molar refractivity (Wildman–Crippen MR) is 76.3 cm³/mol. The van der Waals surface area contributed by atoms with Gasteiger partial charge in [0.2, 0.25) is 0 Å². The third kappa shape index (κ3) is 3.29. The number of nitrogens with zero attached hydrogens (tertiary/aromatic N) is 1. The second-order valence-electron chi connectivity index (χ2n) is 4.26. The van der Waals surface area contributed by atoms with Crippen molar-refractivity contribution in [2.75, 3.05) is 0 Å². The summed E-state index contributed by atoms with van der Waals surface area (Å²) in [4.78, 5) is 21.1. The van der Waals surface area contributed by atoms with Crippen LogP contribution in [0, 0.1) is 17.0 Å². The third-order valence-electron chi connectivity index (χ3n) is 2.78. The van der Waals surface area contributed by atoms with E-state index in [0.717, 1.165) is 0 Å². The van der Waals surface area contributed by atoms with Crippen LogP contribution in [-0.4, -0.2) is 16.0 Å². The van der Waals surface area contributed by atoms with Gasteiger partial charge >= 0.3 is 5.97 Å². The normalized spacial score (nSPS) is 10.2. The van der Waals surface area contributed by atoms with Gasteiger partial charge in [-0.2, -0.15) is 0 Å². The number of non-ortho nitro benzene ring substituents is 1. The number of carboxylic acids is 1. The highest BCUT2D eigenvalue weighted by atomic mass is 35.5. The van der Waals surface area contributed by atoms with Crippen molar-refractivity contribution in [1.82, 2.24) is 0 Å². The van der Waals surface area contributed by atoms with Gasteiger partial charge in [-0.3, -0.25) is 10.1 Å². The third-order valence-corrected chi connectivity index (χ3v) is 3.08. The van der Waals surface area contributed by atoms with Gasteiger partial charge in [0.05, 0.1) is 21.6 Å². The Labute approximate surface area is 124 Å². The summed E-state index contributed by atoms with van der Waals surface area (Å²) in [6, 6.07) is 8.23. The zero-order chi connectivity index (χ0) is 15.6. The molecule has 0 spiro atoms. The maximum Gasteiger partial charge on any atom is 0.335 e. The number of aromatic carboxylic acids is 1. The number of nitro groups is 1. The molecule has 0 aliphatic carbocycles. The van der Waals surface area contributed by atoms with E-state index in [9.17, 15) is 14.9 Å². The summed E-state index contributed by atoms with van der Waals surface area (Å²) in [5.41, 5.74) is 0.621. The maximum absolute atomic E-state index is 10.8. The number of aryl methyl sites for hydroxylation is 1. The number of hydrogen-bond acceptors (Lipinski definition) is 4. The monoisotopic (exact) mass is 307 g/mol. The highest BCUT2D eigenvalue weighted by Crippen LogP contribution is 2.33. The van der Waals surface area contributed by atoms with Crippen molar-refractivity contribution in [1.29, 1.82) is 0 Å². The lowest BCUT2D eigenvalue weighted by molar-refractivity contribution is -0.384. The van der Waals surface area contributed by atoms with Crippen LogP contribution in [0.4, 0.5) is 5.69 Å². The zero-order valence-corrected chi connectivity index (χ0v) is 11.6. The molecule has 0 aromatic heterocycles. The Morgan fingerprint density at radius 2 is 1.95 bits per heavy atom. The van der Waals surface area contributed by atoms with E-state index in [1.165, 1.54) is 30.3 Å². The van der Waals surface area contributed by atoms with Gasteiger partial charge in [0, 0.05) is 6.07 Å². The standard InChI is InChI=1S/C14H10ClNO5/c1-8-2-4-10(16(19)20)7-13(8)21-12-5-3-9(14(17)18)6-11(12)15/h2-7H,1H3,(H,17,18). The minimum Gasteiger partial charge on any atom is -0.478 e. The Bertz CT molecular complexity index is 729. The molecule has 1 N–H and O–H groups in total. The van der Waals surface area contributed by atoms with Crippen molar-refractivity contribution in [3.8, 4) is 11.5 Å². The Balaban J connectivity index is 2.36. The molecule has 21 heavy (non-hydrogen) atoms. The summed E-state index contributed by atoms with van der Waals surface area (Å²) < 4.78 is 5.54. The molecule has 7 heteroatoms. The number of benzene rings is 2. The molecule has 0 fully saturated rings. The first-order valence-electron chi connectivity index (χ1n) is 5.84. The molecular weight excluding hydrogens is 298 g/mol. The second-order valence-corrected chi connectivity index (χ2v) is 4.67. The number of hydrogen-bond donors (Lipinski definition) is 1. The number of ether oxygens (including phenoxy) is 1. The minimum atomic E-state index is -1.10.